The molecular formula is C27H23F3N6O2. The van der Waals surface area contributed by atoms with Crippen LogP contribution in [0.1, 0.15) is 51.3 Å². The molecule has 3 aromatic rings. The Morgan fingerprint density at radius 1 is 1.16 bits per heavy atom. The lowest BCUT2D eigenvalue weighted by molar-refractivity contribution is -0.137. The van der Waals surface area contributed by atoms with Crippen molar-refractivity contribution in [2.45, 2.75) is 32.4 Å². The van der Waals surface area contributed by atoms with Crippen LogP contribution in [0.2, 0.25) is 0 Å². The number of nitrogens with zero attached hydrogens (tertiary/aromatic N) is 3. The molecule has 1 fully saturated rings. The van der Waals surface area contributed by atoms with Crippen LogP contribution in [0.3, 0.4) is 0 Å². The van der Waals surface area contributed by atoms with Gasteiger partial charge in [0, 0.05) is 41.9 Å². The van der Waals surface area contributed by atoms with Crippen LogP contribution in [0.15, 0.2) is 48.8 Å². The molecule has 0 saturated carbocycles. The first kappa shape index (κ1) is 26.3. The molecular weight excluding hydrogens is 497 g/mol. The molecule has 0 radical (unpaired) electrons. The van der Waals surface area contributed by atoms with Gasteiger partial charge in [-0.05, 0) is 55.2 Å². The maximum absolute atomic E-state index is 13.5. The summed E-state index contributed by atoms with van der Waals surface area (Å²) in [6, 6.07) is 7.87. The minimum Gasteiger partial charge on any atom is -0.387 e. The quantitative estimate of drug-likeness (QED) is 0.266. The molecule has 1 aromatic heterocycles. The molecule has 8 nitrogen and oxygen atoms in total. The number of nitrogens with two attached hydrogens (primary N) is 1. The van der Waals surface area contributed by atoms with E-state index in [1.807, 2.05) is 0 Å². The number of hydrogen-bond acceptors (Lipinski definition) is 5. The van der Waals surface area contributed by atoms with Crippen LogP contribution in [-0.4, -0.2) is 34.2 Å². The number of carbonyl (C=O) groups excluding carboxylic acids is 2. The second-order valence-electron chi connectivity index (χ2n) is 8.74. The molecule has 2 heterocycles. The number of anilines is 2. The zero-order valence-electron chi connectivity index (χ0n) is 20.3. The average molecular weight is 521 g/mol. The van der Waals surface area contributed by atoms with Gasteiger partial charge in [-0.1, -0.05) is 12.0 Å². The summed E-state index contributed by atoms with van der Waals surface area (Å²) in [4.78, 5) is 34.7. The van der Waals surface area contributed by atoms with Crippen LogP contribution in [0.4, 0.5) is 24.5 Å². The zero-order valence-corrected chi connectivity index (χ0v) is 20.3. The highest BCUT2D eigenvalue weighted by molar-refractivity contribution is 6.05. The highest BCUT2D eigenvalue weighted by Crippen LogP contribution is 2.35. The van der Waals surface area contributed by atoms with E-state index in [0.717, 1.165) is 17.7 Å². The summed E-state index contributed by atoms with van der Waals surface area (Å²) in [5.74, 6) is 4.88. The molecule has 1 aliphatic rings. The Morgan fingerprint density at radius 2 is 1.95 bits per heavy atom. The molecule has 4 rings (SSSR count). The molecule has 38 heavy (non-hydrogen) atoms. The van der Waals surface area contributed by atoms with Crippen molar-refractivity contribution >= 4 is 29.0 Å². The lowest BCUT2D eigenvalue weighted by atomic mass is 10.0. The van der Waals surface area contributed by atoms with E-state index in [2.05, 4.69) is 27.1 Å². The minimum absolute atomic E-state index is 0.0326. The van der Waals surface area contributed by atoms with Gasteiger partial charge in [-0.2, -0.15) is 13.2 Å². The normalized spacial score (nSPS) is 13.2. The van der Waals surface area contributed by atoms with Crippen LogP contribution >= 0.6 is 0 Å². The molecule has 11 heteroatoms. The van der Waals surface area contributed by atoms with Crippen LogP contribution in [-0.2, 0) is 17.4 Å². The molecule has 1 saturated heterocycles. The molecule has 194 valence electrons. The van der Waals surface area contributed by atoms with Crippen LogP contribution in [0, 0.1) is 24.2 Å². The Hall–Kier alpha value is -4.72. The number of carbonyl (C=O) groups is 2. The molecule has 4 N–H and O–H groups in total. The number of halogens is 3. The summed E-state index contributed by atoms with van der Waals surface area (Å²) < 4.78 is 40.6. The number of amidine groups is 1. The average Bonchev–Trinajstić information content (AvgIpc) is 3.29. The van der Waals surface area contributed by atoms with E-state index in [9.17, 15) is 22.8 Å². The van der Waals surface area contributed by atoms with E-state index in [0.29, 0.717) is 29.9 Å². The van der Waals surface area contributed by atoms with E-state index in [-0.39, 0.29) is 41.5 Å². The van der Waals surface area contributed by atoms with Gasteiger partial charge < -0.3 is 16.0 Å². The minimum atomic E-state index is -4.65. The fourth-order valence-corrected chi connectivity index (χ4v) is 3.86. The SMILES string of the molecule is Cc1ccc(C(=O)Nc2cc(N3CCCC3=O)cc(C(F)(F)F)c2)cc1C#Cc1cnc(CC(=N)N)cn1. The lowest BCUT2D eigenvalue weighted by Crippen LogP contribution is -2.24. The van der Waals surface area contributed by atoms with Crippen molar-refractivity contribution in [1.82, 2.24) is 9.97 Å². The summed E-state index contributed by atoms with van der Waals surface area (Å²) in [5.41, 5.74) is 6.82. The first-order valence-corrected chi connectivity index (χ1v) is 11.6. The largest absolute Gasteiger partial charge is 0.416 e. The molecule has 2 amide bonds. The van der Waals surface area contributed by atoms with Gasteiger partial charge in [0.05, 0.1) is 29.5 Å². The second-order valence-corrected chi connectivity index (χ2v) is 8.74. The Kier molecular flexibility index (Phi) is 7.43. The predicted molar refractivity (Wildman–Crippen MR) is 136 cm³/mol. The summed E-state index contributed by atoms with van der Waals surface area (Å²) >= 11 is 0. The number of aromatic nitrogens is 2. The summed E-state index contributed by atoms with van der Waals surface area (Å²) in [6.07, 6.45) is -0.733. The summed E-state index contributed by atoms with van der Waals surface area (Å²) in [6.45, 7) is 2.12. The molecule has 0 atom stereocenters. The fourth-order valence-electron chi connectivity index (χ4n) is 3.86. The van der Waals surface area contributed by atoms with E-state index >= 15 is 0 Å². The standard InChI is InChI=1S/C27H23F3N6O2/c1-16-4-5-18(9-17(16)6-7-20-14-34-22(15-33-20)13-24(31)32)26(38)35-21-10-19(27(28,29)30)11-23(12-21)36-8-2-3-25(36)37/h4-5,9-12,14-15H,2-3,8,13H2,1H3,(H3,31,32)(H,35,38). The van der Waals surface area contributed by atoms with Crippen molar-refractivity contribution in [1.29, 1.82) is 5.41 Å². The van der Waals surface area contributed by atoms with Gasteiger partial charge in [0.2, 0.25) is 5.91 Å². The molecule has 2 aromatic carbocycles. The monoisotopic (exact) mass is 520 g/mol. The molecule has 0 aliphatic carbocycles. The van der Waals surface area contributed by atoms with Gasteiger partial charge >= 0.3 is 6.18 Å². The third-order valence-electron chi connectivity index (χ3n) is 5.79. The first-order chi connectivity index (χ1) is 18.0. The van der Waals surface area contributed by atoms with Gasteiger partial charge in [0.25, 0.3) is 5.91 Å². The number of alkyl halides is 3. The van der Waals surface area contributed by atoms with E-state index in [1.54, 1.807) is 19.1 Å². The van der Waals surface area contributed by atoms with Gasteiger partial charge in [0.15, 0.2) is 0 Å². The second kappa shape index (κ2) is 10.7. The van der Waals surface area contributed by atoms with Gasteiger partial charge in [0.1, 0.15) is 5.69 Å². The zero-order chi connectivity index (χ0) is 27.4. The van der Waals surface area contributed by atoms with E-state index in [1.165, 1.54) is 29.4 Å². The molecule has 1 aliphatic heterocycles. The fraction of sp³-hybridized carbons (Fsp3) is 0.222. The number of aryl methyl sites for hydroxylation is 1. The number of benzene rings is 2. The number of nitrogens with one attached hydrogen (secondary N) is 2. The summed E-state index contributed by atoms with van der Waals surface area (Å²) in [7, 11) is 0. The van der Waals surface area contributed by atoms with Crippen molar-refractivity contribution in [3.05, 3.63) is 82.4 Å². The Labute approximate surface area is 216 Å². The van der Waals surface area contributed by atoms with E-state index in [4.69, 9.17) is 11.1 Å². The highest BCUT2D eigenvalue weighted by atomic mass is 19.4. The molecule has 0 spiro atoms. The molecule has 0 bridgehead atoms. The van der Waals surface area contributed by atoms with Crippen LogP contribution < -0.4 is 16.0 Å². The highest BCUT2D eigenvalue weighted by Gasteiger charge is 2.33. The third kappa shape index (κ3) is 6.34. The smallest absolute Gasteiger partial charge is 0.387 e. The Bertz CT molecular complexity index is 1470. The summed E-state index contributed by atoms with van der Waals surface area (Å²) in [5, 5.41) is 9.82. The van der Waals surface area contributed by atoms with Crippen molar-refractivity contribution in [3.63, 3.8) is 0 Å². The van der Waals surface area contributed by atoms with Crippen molar-refractivity contribution in [2.24, 2.45) is 5.73 Å². The predicted octanol–water partition coefficient (Wildman–Crippen LogP) is 4.06. The third-order valence-corrected chi connectivity index (χ3v) is 5.79. The van der Waals surface area contributed by atoms with Crippen molar-refractivity contribution in [2.75, 3.05) is 16.8 Å². The van der Waals surface area contributed by atoms with Crippen LogP contribution in [0.5, 0.6) is 0 Å². The molecule has 0 unspecified atom stereocenters. The van der Waals surface area contributed by atoms with E-state index < -0.39 is 17.6 Å². The van der Waals surface area contributed by atoms with Gasteiger partial charge in [-0.3, -0.25) is 20.0 Å². The Morgan fingerprint density at radius 3 is 2.58 bits per heavy atom. The van der Waals surface area contributed by atoms with Gasteiger partial charge in [-0.15, -0.1) is 0 Å². The van der Waals surface area contributed by atoms with Gasteiger partial charge in [-0.25, -0.2) is 4.98 Å². The topological polar surface area (TPSA) is 125 Å². The maximum atomic E-state index is 13.5. The lowest BCUT2D eigenvalue weighted by Gasteiger charge is -2.19. The number of amides is 2. The van der Waals surface area contributed by atoms with Crippen molar-refractivity contribution in [3.8, 4) is 11.8 Å². The Balaban J connectivity index is 1.57. The number of rotatable bonds is 5. The first-order valence-electron chi connectivity index (χ1n) is 11.6. The maximum Gasteiger partial charge on any atom is 0.416 e. The van der Waals surface area contributed by atoms with Crippen molar-refractivity contribution < 1.29 is 22.8 Å². The van der Waals surface area contributed by atoms with Crippen LogP contribution in [0.25, 0.3) is 0 Å². The number of hydrogen-bond donors (Lipinski definition) is 3.